The van der Waals surface area contributed by atoms with E-state index in [1.165, 1.54) is 5.69 Å². The maximum atomic E-state index is 13.7. The van der Waals surface area contributed by atoms with E-state index in [0.29, 0.717) is 6.07 Å². The van der Waals surface area contributed by atoms with E-state index in [0.717, 1.165) is 46.0 Å². The number of anilines is 1. The number of halogens is 5. The predicted octanol–water partition coefficient (Wildman–Crippen LogP) is 6.61. The van der Waals surface area contributed by atoms with Gasteiger partial charge in [-0.15, -0.1) is 0 Å². The zero-order chi connectivity index (χ0) is 31.0. The predicted molar refractivity (Wildman–Crippen MR) is 156 cm³/mol. The lowest BCUT2D eigenvalue weighted by Gasteiger charge is -2.11. The van der Waals surface area contributed by atoms with E-state index in [2.05, 4.69) is 33.9 Å². The smallest absolute Gasteiger partial charge is 0.277 e. The van der Waals surface area contributed by atoms with Gasteiger partial charge in [0.2, 0.25) is 0 Å². The van der Waals surface area contributed by atoms with Crippen LogP contribution in [0.4, 0.5) is 34.6 Å². The zero-order valence-electron chi connectivity index (χ0n) is 21.7. The van der Waals surface area contributed by atoms with Crippen LogP contribution in [-0.4, -0.2) is 28.9 Å². The number of nitrogens with zero attached hydrogens (tertiary/aromatic N) is 4. The van der Waals surface area contributed by atoms with Gasteiger partial charge < -0.3 is 4.90 Å². The Balaban J connectivity index is 0.000000247. The van der Waals surface area contributed by atoms with Crippen LogP contribution in [0.15, 0.2) is 66.9 Å². The fraction of sp³-hybridized carbons (Fsp3) is 0.0690. The van der Waals surface area contributed by atoms with Crippen LogP contribution in [0.5, 0.6) is 0 Å². The van der Waals surface area contributed by atoms with Crippen LogP contribution in [0.3, 0.4) is 0 Å². The van der Waals surface area contributed by atoms with Gasteiger partial charge in [-0.2, -0.15) is 0 Å². The summed E-state index contributed by atoms with van der Waals surface area (Å²) in [6.45, 7) is 0. The Kier molecular flexibility index (Phi) is 10.5. The monoisotopic (exact) mass is 688 g/mol. The SMILES string of the molecule is CN(C)c1ccc(C#Cc2ccccn2)cc1.O=[N+]([O-])c1cc(C#Cc2c(F)c(F)c(I)c(F)c2F)cc([N+](=O)[O-])c1. The molecule has 0 unspecified atom stereocenters. The van der Waals surface area contributed by atoms with Crippen molar-refractivity contribution >= 4 is 39.7 Å². The molecule has 0 aliphatic rings. The van der Waals surface area contributed by atoms with Crippen LogP contribution in [0, 0.1) is 70.7 Å². The summed E-state index contributed by atoms with van der Waals surface area (Å²) in [5.41, 5.74) is 0.0429. The first-order chi connectivity index (χ1) is 19.9. The van der Waals surface area contributed by atoms with Gasteiger partial charge in [0.15, 0.2) is 23.3 Å². The minimum Gasteiger partial charge on any atom is -0.378 e. The van der Waals surface area contributed by atoms with Gasteiger partial charge >= 0.3 is 0 Å². The van der Waals surface area contributed by atoms with Crippen LogP contribution >= 0.6 is 22.6 Å². The third kappa shape index (κ3) is 8.02. The lowest BCUT2D eigenvalue weighted by Crippen LogP contribution is -2.07. The molecule has 1 aromatic heterocycles. The molecule has 0 spiro atoms. The van der Waals surface area contributed by atoms with Gasteiger partial charge in [-0.05, 0) is 64.9 Å². The molecule has 0 saturated heterocycles. The highest BCUT2D eigenvalue weighted by atomic mass is 127. The van der Waals surface area contributed by atoms with Crippen molar-refractivity contribution in [1.29, 1.82) is 0 Å². The van der Waals surface area contributed by atoms with Gasteiger partial charge in [-0.3, -0.25) is 20.2 Å². The second-order valence-electron chi connectivity index (χ2n) is 8.35. The number of hydrogen-bond donors (Lipinski definition) is 0. The minimum atomic E-state index is -1.74. The quantitative estimate of drug-likeness (QED) is 0.0457. The molecular weight excluding hydrogens is 671 g/mol. The Bertz CT molecular complexity index is 1720. The third-order valence-corrected chi connectivity index (χ3v) is 6.20. The molecule has 8 nitrogen and oxygen atoms in total. The molecule has 0 fully saturated rings. The molecule has 0 bridgehead atoms. The highest BCUT2D eigenvalue weighted by Gasteiger charge is 2.23. The second kappa shape index (κ2) is 14.0. The molecule has 0 aliphatic heterocycles. The summed E-state index contributed by atoms with van der Waals surface area (Å²) in [6, 6.07) is 16.2. The molecule has 212 valence electrons. The molecule has 42 heavy (non-hydrogen) atoms. The first kappa shape index (κ1) is 31.5. The summed E-state index contributed by atoms with van der Waals surface area (Å²) in [6.07, 6.45) is 1.75. The summed E-state index contributed by atoms with van der Waals surface area (Å²) in [5, 5.41) is 21.5. The van der Waals surface area contributed by atoms with E-state index < -0.39 is 53.6 Å². The van der Waals surface area contributed by atoms with Crippen LogP contribution in [0.2, 0.25) is 0 Å². The van der Waals surface area contributed by atoms with Gasteiger partial charge in [-0.1, -0.05) is 23.8 Å². The van der Waals surface area contributed by atoms with Crippen LogP contribution in [0.25, 0.3) is 0 Å². The van der Waals surface area contributed by atoms with Gasteiger partial charge in [0.05, 0.1) is 19.5 Å². The third-order valence-electron chi connectivity index (χ3n) is 5.25. The van der Waals surface area contributed by atoms with Crippen molar-refractivity contribution in [2.75, 3.05) is 19.0 Å². The van der Waals surface area contributed by atoms with Crippen LogP contribution in [0.1, 0.15) is 22.4 Å². The van der Waals surface area contributed by atoms with Crippen molar-refractivity contribution in [3.63, 3.8) is 0 Å². The van der Waals surface area contributed by atoms with Crippen molar-refractivity contribution in [3.05, 3.63) is 136 Å². The Morgan fingerprint density at radius 3 is 1.76 bits per heavy atom. The van der Waals surface area contributed by atoms with Gasteiger partial charge in [0.1, 0.15) is 11.3 Å². The maximum Gasteiger partial charge on any atom is 0.277 e. The average Bonchev–Trinajstić information content (AvgIpc) is 2.98. The van der Waals surface area contributed by atoms with Crippen molar-refractivity contribution in [2.45, 2.75) is 0 Å². The minimum absolute atomic E-state index is 0.334. The van der Waals surface area contributed by atoms with Crippen molar-refractivity contribution in [3.8, 4) is 23.7 Å². The molecule has 0 radical (unpaired) electrons. The van der Waals surface area contributed by atoms with E-state index in [1.807, 2.05) is 56.3 Å². The number of nitro groups is 2. The summed E-state index contributed by atoms with van der Waals surface area (Å²) >= 11 is 1.07. The number of aromatic nitrogens is 1. The first-order valence-electron chi connectivity index (χ1n) is 11.6. The Morgan fingerprint density at radius 2 is 1.29 bits per heavy atom. The second-order valence-corrected chi connectivity index (χ2v) is 9.43. The average molecular weight is 688 g/mol. The fourth-order valence-corrected chi connectivity index (χ4v) is 3.62. The van der Waals surface area contributed by atoms with Crippen LogP contribution < -0.4 is 4.90 Å². The molecule has 0 amide bonds. The van der Waals surface area contributed by atoms with Crippen molar-refractivity contribution in [2.24, 2.45) is 0 Å². The van der Waals surface area contributed by atoms with Gasteiger partial charge in [-0.25, -0.2) is 22.5 Å². The van der Waals surface area contributed by atoms with E-state index in [1.54, 1.807) is 6.20 Å². The molecule has 4 rings (SSSR count). The molecule has 0 N–H and O–H groups in total. The Labute approximate surface area is 250 Å². The van der Waals surface area contributed by atoms with Gasteiger partial charge in [0.25, 0.3) is 11.4 Å². The number of hydrogen-bond acceptors (Lipinski definition) is 6. The van der Waals surface area contributed by atoms with E-state index in [-0.39, 0.29) is 5.56 Å². The molecular formula is C29H17F4IN4O4. The molecule has 0 saturated carbocycles. The summed E-state index contributed by atoms with van der Waals surface area (Å²) in [5.74, 6) is 3.20. The van der Waals surface area contributed by atoms with Crippen LogP contribution in [-0.2, 0) is 0 Å². The lowest BCUT2D eigenvalue weighted by molar-refractivity contribution is -0.394. The lowest BCUT2D eigenvalue weighted by atomic mass is 10.1. The number of non-ortho nitro benzene ring substituents is 2. The maximum absolute atomic E-state index is 13.7. The number of nitro benzene ring substituents is 2. The number of pyridine rings is 1. The topological polar surface area (TPSA) is 102 Å². The molecule has 4 aromatic rings. The molecule has 0 aliphatic carbocycles. The molecule has 3 aromatic carbocycles. The molecule has 0 atom stereocenters. The summed E-state index contributed by atoms with van der Waals surface area (Å²) in [4.78, 5) is 25.9. The Morgan fingerprint density at radius 1 is 0.738 bits per heavy atom. The number of rotatable bonds is 3. The molecule has 1 heterocycles. The number of benzene rings is 3. The molecule has 13 heteroatoms. The highest BCUT2D eigenvalue weighted by molar-refractivity contribution is 14.1. The largest absolute Gasteiger partial charge is 0.378 e. The first-order valence-corrected chi connectivity index (χ1v) is 12.6. The van der Waals surface area contributed by atoms with Crippen molar-refractivity contribution < 1.29 is 27.4 Å². The highest BCUT2D eigenvalue weighted by Crippen LogP contribution is 2.26. The van der Waals surface area contributed by atoms with E-state index in [4.69, 9.17) is 0 Å². The summed E-state index contributed by atoms with van der Waals surface area (Å²) < 4.78 is 53.5. The van der Waals surface area contributed by atoms with Gasteiger partial charge in [0, 0.05) is 49.2 Å². The zero-order valence-corrected chi connectivity index (χ0v) is 23.8. The standard InChI is InChI=1S/C15H14N2.C14H3F4IN2O4/c1-17(2)15-10-7-13(8-11-15)6-9-14-5-3-4-12-16-14;15-10-9(11(16)13(18)14(19)12(10)17)2-1-6-3-7(20(22)23)5-8(4-6)21(24)25/h3-5,7-8,10-12H,1-2H3;3-5H. The van der Waals surface area contributed by atoms with E-state index in [9.17, 15) is 37.8 Å². The fourth-order valence-electron chi connectivity index (χ4n) is 3.14. The van der Waals surface area contributed by atoms with Crippen molar-refractivity contribution in [1.82, 2.24) is 4.98 Å². The normalized spacial score (nSPS) is 9.79. The summed E-state index contributed by atoms with van der Waals surface area (Å²) in [7, 11) is 4.04. The Hall–Kier alpha value is -5.02. The van der Waals surface area contributed by atoms with E-state index >= 15 is 0 Å².